The van der Waals surface area contributed by atoms with Crippen molar-refractivity contribution in [1.29, 1.82) is 0 Å². The summed E-state index contributed by atoms with van der Waals surface area (Å²) in [6.07, 6.45) is 3.22. The topological polar surface area (TPSA) is 72.0 Å². The van der Waals surface area contributed by atoms with E-state index in [0.717, 1.165) is 11.1 Å². The van der Waals surface area contributed by atoms with Gasteiger partial charge in [-0.3, -0.25) is 14.9 Å². The molecule has 1 amide bonds. The van der Waals surface area contributed by atoms with E-state index >= 15 is 0 Å². The first kappa shape index (κ1) is 20.2. The number of amides is 1. The van der Waals surface area contributed by atoms with Crippen LogP contribution >= 0.6 is 11.6 Å². The molecular formula is C24H22ClN3O2. The first-order chi connectivity index (χ1) is 14.5. The van der Waals surface area contributed by atoms with Gasteiger partial charge in [0.25, 0.3) is 0 Å². The highest BCUT2D eigenvalue weighted by molar-refractivity contribution is 6.30. The standard InChI is InChI=1S/C24H22ClN3O2/c1-2-19(16-6-4-3-5-7-16)23(30)28-24-26-14-20-21(27-24)12-17(13-22(20)29)15-8-10-18(25)11-9-15/h3-11,14,17,19H,2,12-13H2,1H3,(H,26,27,28,30)/t17-,19-/m1/s1. The second-order valence-corrected chi connectivity index (χ2v) is 7.93. The van der Waals surface area contributed by atoms with Crippen LogP contribution in [0.4, 0.5) is 5.95 Å². The molecule has 3 aromatic rings. The number of nitrogens with one attached hydrogen (secondary N) is 1. The maximum atomic E-state index is 12.8. The predicted octanol–water partition coefficient (Wildman–Crippen LogP) is 5.18. The molecule has 1 N–H and O–H groups in total. The fraction of sp³-hybridized carbons (Fsp3) is 0.250. The quantitative estimate of drug-likeness (QED) is 0.618. The van der Waals surface area contributed by atoms with Crippen LogP contribution in [0.1, 0.15) is 58.8 Å². The largest absolute Gasteiger partial charge is 0.294 e. The normalized spacial score (nSPS) is 16.6. The maximum Gasteiger partial charge on any atom is 0.234 e. The Kier molecular flexibility index (Phi) is 5.91. The number of hydrogen-bond donors (Lipinski definition) is 1. The van der Waals surface area contributed by atoms with Crippen molar-refractivity contribution in [2.75, 3.05) is 5.32 Å². The number of carbonyl (C=O) groups excluding carboxylic acids is 2. The van der Waals surface area contributed by atoms with Crippen molar-refractivity contribution in [2.45, 2.75) is 38.0 Å². The summed E-state index contributed by atoms with van der Waals surface area (Å²) >= 11 is 5.98. The monoisotopic (exact) mass is 419 g/mol. The second kappa shape index (κ2) is 8.76. The van der Waals surface area contributed by atoms with Gasteiger partial charge in [-0.05, 0) is 42.0 Å². The lowest BCUT2D eigenvalue weighted by molar-refractivity contribution is -0.117. The highest BCUT2D eigenvalue weighted by Crippen LogP contribution is 2.32. The molecule has 152 valence electrons. The number of carbonyl (C=O) groups is 2. The van der Waals surface area contributed by atoms with Gasteiger partial charge in [0.2, 0.25) is 11.9 Å². The molecule has 0 saturated carbocycles. The fourth-order valence-corrected chi connectivity index (χ4v) is 4.06. The van der Waals surface area contributed by atoms with E-state index in [9.17, 15) is 9.59 Å². The molecule has 2 atom stereocenters. The molecule has 30 heavy (non-hydrogen) atoms. The van der Waals surface area contributed by atoms with E-state index in [0.29, 0.717) is 35.5 Å². The van der Waals surface area contributed by atoms with Crippen molar-refractivity contribution >= 4 is 29.2 Å². The second-order valence-electron chi connectivity index (χ2n) is 7.49. The highest BCUT2D eigenvalue weighted by atomic mass is 35.5. The Morgan fingerprint density at radius 2 is 1.87 bits per heavy atom. The fourth-order valence-electron chi connectivity index (χ4n) is 3.93. The van der Waals surface area contributed by atoms with Gasteiger partial charge < -0.3 is 0 Å². The van der Waals surface area contributed by atoms with E-state index in [2.05, 4.69) is 15.3 Å². The lowest BCUT2D eigenvalue weighted by Gasteiger charge is -2.23. The number of fused-ring (bicyclic) bond motifs is 1. The number of Topliss-reactive ketones (excluding diaryl/α,β-unsaturated/α-hetero) is 1. The molecule has 1 aliphatic rings. The summed E-state index contributed by atoms with van der Waals surface area (Å²) in [5.41, 5.74) is 3.21. The number of benzene rings is 2. The van der Waals surface area contributed by atoms with Crippen LogP contribution in [-0.4, -0.2) is 21.7 Å². The molecule has 1 aromatic heterocycles. The molecule has 4 rings (SSSR count). The molecule has 0 bridgehead atoms. The molecule has 1 aliphatic carbocycles. The lowest BCUT2D eigenvalue weighted by Crippen LogP contribution is -2.24. The first-order valence-corrected chi connectivity index (χ1v) is 10.4. The maximum absolute atomic E-state index is 12.8. The zero-order valence-corrected chi connectivity index (χ0v) is 17.4. The zero-order valence-electron chi connectivity index (χ0n) is 16.6. The molecule has 1 heterocycles. The predicted molar refractivity (Wildman–Crippen MR) is 117 cm³/mol. The Balaban J connectivity index is 1.55. The molecule has 0 saturated heterocycles. The number of anilines is 1. The molecule has 0 spiro atoms. The summed E-state index contributed by atoms with van der Waals surface area (Å²) < 4.78 is 0. The average molecular weight is 420 g/mol. The Morgan fingerprint density at radius 1 is 1.13 bits per heavy atom. The van der Waals surface area contributed by atoms with Gasteiger partial charge in [-0.15, -0.1) is 0 Å². The molecule has 2 aromatic carbocycles. The third kappa shape index (κ3) is 4.26. The Bertz CT molecular complexity index is 1070. The molecule has 0 radical (unpaired) electrons. The van der Waals surface area contributed by atoms with Crippen LogP contribution in [0.25, 0.3) is 0 Å². The van der Waals surface area contributed by atoms with Gasteiger partial charge in [0.1, 0.15) is 0 Å². The summed E-state index contributed by atoms with van der Waals surface area (Å²) in [6, 6.07) is 17.2. The number of nitrogens with zero attached hydrogens (tertiary/aromatic N) is 2. The summed E-state index contributed by atoms with van der Waals surface area (Å²) in [6.45, 7) is 1.97. The van der Waals surface area contributed by atoms with E-state index in [1.807, 2.05) is 61.5 Å². The van der Waals surface area contributed by atoms with E-state index in [-0.39, 0.29) is 29.5 Å². The minimum atomic E-state index is -0.283. The van der Waals surface area contributed by atoms with Crippen LogP contribution in [0, 0.1) is 0 Å². The number of aromatic nitrogens is 2. The van der Waals surface area contributed by atoms with Gasteiger partial charge in [-0.2, -0.15) is 0 Å². The van der Waals surface area contributed by atoms with Crippen molar-refractivity contribution in [3.8, 4) is 0 Å². The van der Waals surface area contributed by atoms with Crippen LogP contribution in [0.2, 0.25) is 5.02 Å². The van der Waals surface area contributed by atoms with Gasteiger partial charge in [0.05, 0.1) is 17.2 Å². The number of halogens is 1. The minimum absolute atomic E-state index is 0.0183. The van der Waals surface area contributed by atoms with Gasteiger partial charge >= 0.3 is 0 Å². The third-order valence-corrected chi connectivity index (χ3v) is 5.79. The van der Waals surface area contributed by atoms with Crippen molar-refractivity contribution in [3.05, 3.63) is 88.2 Å². The van der Waals surface area contributed by atoms with Crippen LogP contribution in [0.3, 0.4) is 0 Å². The number of ketones is 1. The van der Waals surface area contributed by atoms with Gasteiger partial charge in [-0.25, -0.2) is 9.97 Å². The molecule has 0 unspecified atom stereocenters. The Labute approximate surface area is 180 Å². The Morgan fingerprint density at radius 3 is 2.57 bits per heavy atom. The lowest BCUT2D eigenvalue weighted by atomic mass is 9.82. The zero-order chi connectivity index (χ0) is 21.1. The molecule has 5 nitrogen and oxygen atoms in total. The summed E-state index contributed by atoms with van der Waals surface area (Å²) in [4.78, 5) is 34.2. The van der Waals surface area contributed by atoms with Gasteiger partial charge in [-0.1, -0.05) is 61.0 Å². The number of hydrogen-bond acceptors (Lipinski definition) is 4. The van der Waals surface area contributed by atoms with Crippen LogP contribution < -0.4 is 5.32 Å². The van der Waals surface area contributed by atoms with Crippen LogP contribution in [0.15, 0.2) is 60.8 Å². The van der Waals surface area contributed by atoms with Gasteiger partial charge in [0.15, 0.2) is 5.78 Å². The van der Waals surface area contributed by atoms with E-state index in [1.165, 1.54) is 6.20 Å². The minimum Gasteiger partial charge on any atom is -0.294 e. The van der Waals surface area contributed by atoms with Crippen molar-refractivity contribution in [3.63, 3.8) is 0 Å². The third-order valence-electron chi connectivity index (χ3n) is 5.54. The summed E-state index contributed by atoms with van der Waals surface area (Å²) in [5, 5.41) is 3.49. The molecule has 6 heteroatoms. The van der Waals surface area contributed by atoms with E-state index in [1.54, 1.807) is 0 Å². The van der Waals surface area contributed by atoms with Gasteiger partial charge in [0, 0.05) is 17.6 Å². The molecule has 0 aliphatic heterocycles. The van der Waals surface area contributed by atoms with Crippen molar-refractivity contribution in [1.82, 2.24) is 9.97 Å². The summed E-state index contributed by atoms with van der Waals surface area (Å²) in [7, 11) is 0. The SMILES string of the molecule is CC[C@@H](C(=O)Nc1ncc2c(n1)C[C@@H](c1ccc(Cl)cc1)CC2=O)c1ccccc1. The molecular weight excluding hydrogens is 398 g/mol. The molecule has 0 fully saturated rings. The van der Waals surface area contributed by atoms with Crippen molar-refractivity contribution < 1.29 is 9.59 Å². The van der Waals surface area contributed by atoms with Crippen LogP contribution in [-0.2, 0) is 11.2 Å². The Hall–Kier alpha value is -3.05. The van der Waals surface area contributed by atoms with Crippen LogP contribution in [0.5, 0.6) is 0 Å². The first-order valence-electron chi connectivity index (χ1n) is 10.1. The van der Waals surface area contributed by atoms with E-state index < -0.39 is 0 Å². The van der Waals surface area contributed by atoms with Crippen molar-refractivity contribution in [2.24, 2.45) is 0 Å². The van der Waals surface area contributed by atoms with E-state index in [4.69, 9.17) is 11.6 Å². The summed E-state index contributed by atoms with van der Waals surface area (Å²) in [5.74, 6) is -0.148. The number of rotatable bonds is 5. The smallest absolute Gasteiger partial charge is 0.234 e. The highest BCUT2D eigenvalue weighted by Gasteiger charge is 2.28. The average Bonchev–Trinajstić information content (AvgIpc) is 2.75.